The van der Waals surface area contributed by atoms with Crippen LogP contribution in [0.1, 0.15) is 32.8 Å². The van der Waals surface area contributed by atoms with Crippen molar-refractivity contribution in [3.63, 3.8) is 0 Å². The summed E-state index contributed by atoms with van der Waals surface area (Å²) in [5, 5.41) is 3.03. The molecule has 0 unspecified atom stereocenters. The molecule has 0 saturated carbocycles. The van der Waals surface area contributed by atoms with E-state index in [1.165, 1.54) is 5.56 Å². The van der Waals surface area contributed by atoms with Gasteiger partial charge in [-0.25, -0.2) is 0 Å². The molecule has 0 fully saturated rings. The minimum absolute atomic E-state index is 0.0929. The molecule has 0 aromatic heterocycles. The van der Waals surface area contributed by atoms with E-state index in [1.807, 2.05) is 32.0 Å². The number of hydrogen-bond donors (Lipinski definition) is 1. The lowest BCUT2D eigenvalue weighted by Gasteiger charge is -2.24. The fourth-order valence-electron chi connectivity index (χ4n) is 1.34. The summed E-state index contributed by atoms with van der Waals surface area (Å²) in [5.41, 5.74) is 1.17. The topological polar surface area (TPSA) is 29.1 Å². The fourth-order valence-corrected chi connectivity index (χ4v) is 2.13. The molecule has 0 heterocycles. The lowest BCUT2D eigenvalue weighted by molar-refractivity contribution is -0.120. The van der Waals surface area contributed by atoms with E-state index in [1.54, 1.807) is 11.8 Å². The molecule has 2 nitrogen and oxygen atoms in total. The van der Waals surface area contributed by atoms with Gasteiger partial charge in [0.15, 0.2) is 0 Å². The Morgan fingerprint density at radius 3 is 2.53 bits per heavy atom. The van der Waals surface area contributed by atoms with E-state index in [0.29, 0.717) is 5.75 Å². The van der Waals surface area contributed by atoms with E-state index in [4.69, 9.17) is 0 Å². The molecule has 1 N–H and O–H groups in total. The third kappa shape index (κ3) is 5.78. The maximum Gasteiger partial charge on any atom is 0.230 e. The Kier molecular flexibility index (Phi) is 5.56. The van der Waals surface area contributed by atoms with Crippen molar-refractivity contribution in [2.75, 3.05) is 5.75 Å². The average Bonchev–Trinajstić information content (AvgIpc) is 2.30. The molecule has 1 aromatic rings. The van der Waals surface area contributed by atoms with Gasteiger partial charge in [0.2, 0.25) is 5.91 Å². The van der Waals surface area contributed by atoms with Crippen LogP contribution in [0, 0.1) is 0 Å². The summed E-state index contributed by atoms with van der Waals surface area (Å²) in [4.78, 5) is 11.7. The Labute approximate surface area is 108 Å². The first kappa shape index (κ1) is 14.1. The normalized spacial score (nSPS) is 11.2. The SMILES string of the molecule is CCC(C)(C)NC(=O)CSCc1ccccc1. The Balaban J connectivity index is 2.25. The van der Waals surface area contributed by atoms with Crippen molar-refractivity contribution < 1.29 is 4.79 Å². The summed E-state index contributed by atoms with van der Waals surface area (Å²) < 4.78 is 0. The van der Waals surface area contributed by atoms with E-state index in [2.05, 4.69) is 24.4 Å². The van der Waals surface area contributed by atoms with Crippen molar-refractivity contribution in [3.05, 3.63) is 35.9 Å². The fraction of sp³-hybridized carbons (Fsp3) is 0.500. The standard InChI is InChI=1S/C14H21NOS/c1-4-14(2,3)15-13(16)11-17-10-12-8-6-5-7-9-12/h5-9H,4,10-11H2,1-3H3,(H,15,16). The Hall–Kier alpha value is -0.960. The summed E-state index contributed by atoms with van der Waals surface area (Å²) in [6.07, 6.45) is 0.947. The highest BCUT2D eigenvalue weighted by Crippen LogP contribution is 2.12. The molecule has 17 heavy (non-hydrogen) atoms. The van der Waals surface area contributed by atoms with Crippen LogP contribution in [0.5, 0.6) is 0 Å². The number of hydrogen-bond acceptors (Lipinski definition) is 2. The zero-order valence-corrected chi connectivity index (χ0v) is 11.6. The maximum absolute atomic E-state index is 11.7. The summed E-state index contributed by atoms with van der Waals surface area (Å²) in [7, 11) is 0. The molecule has 0 radical (unpaired) electrons. The molecule has 1 rings (SSSR count). The van der Waals surface area contributed by atoms with Crippen LogP contribution in [0.3, 0.4) is 0 Å². The van der Waals surface area contributed by atoms with Crippen LogP contribution in [-0.4, -0.2) is 17.2 Å². The van der Waals surface area contributed by atoms with Crippen LogP contribution < -0.4 is 5.32 Å². The highest BCUT2D eigenvalue weighted by Gasteiger charge is 2.17. The summed E-state index contributed by atoms with van der Waals surface area (Å²) in [6, 6.07) is 10.2. The van der Waals surface area contributed by atoms with E-state index in [-0.39, 0.29) is 11.4 Å². The zero-order chi connectivity index (χ0) is 12.7. The van der Waals surface area contributed by atoms with Crippen LogP contribution in [0.2, 0.25) is 0 Å². The first-order chi connectivity index (χ1) is 8.03. The highest BCUT2D eigenvalue weighted by atomic mass is 32.2. The smallest absolute Gasteiger partial charge is 0.230 e. The first-order valence-electron chi connectivity index (χ1n) is 5.96. The van der Waals surface area contributed by atoms with Crippen LogP contribution in [0.25, 0.3) is 0 Å². The molecule has 3 heteroatoms. The van der Waals surface area contributed by atoms with Crippen LogP contribution in [0.4, 0.5) is 0 Å². The molecule has 0 spiro atoms. The van der Waals surface area contributed by atoms with Gasteiger partial charge in [0.1, 0.15) is 0 Å². The van der Waals surface area contributed by atoms with E-state index < -0.39 is 0 Å². The van der Waals surface area contributed by atoms with Gasteiger partial charge in [-0.3, -0.25) is 4.79 Å². The van der Waals surface area contributed by atoms with Crippen LogP contribution >= 0.6 is 11.8 Å². The number of amides is 1. The van der Waals surface area contributed by atoms with Crippen LogP contribution in [0.15, 0.2) is 30.3 Å². The van der Waals surface area contributed by atoms with E-state index in [9.17, 15) is 4.79 Å². The second-order valence-electron chi connectivity index (χ2n) is 4.76. The second kappa shape index (κ2) is 6.70. The molecular weight excluding hydrogens is 230 g/mol. The molecule has 0 bridgehead atoms. The van der Waals surface area contributed by atoms with Crippen molar-refractivity contribution in [3.8, 4) is 0 Å². The predicted molar refractivity (Wildman–Crippen MR) is 75.1 cm³/mol. The van der Waals surface area contributed by atoms with Gasteiger partial charge in [-0.2, -0.15) is 0 Å². The van der Waals surface area contributed by atoms with Gasteiger partial charge in [-0.05, 0) is 25.8 Å². The maximum atomic E-state index is 11.7. The molecular formula is C14H21NOS. The molecule has 0 aliphatic heterocycles. The average molecular weight is 251 g/mol. The van der Waals surface area contributed by atoms with Crippen molar-refractivity contribution in [2.45, 2.75) is 38.5 Å². The number of rotatable bonds is 6. The van der Waals surface area contributed by atoms with Gasteiger partial charge in [0.05, 0.1) is 5.75 Å². The number of carbonyl (C=O) groups excluding carboxylic acids is 1. The third-order valence-electron chi connectivity index (χ3n) is 2.71. The number of benzene rings is 1. The minimum Gasteiger partial charge on any atom is -0.351 e. The molecule has 0 aliphatic carbocycles. The Morgan fingerprint density at radius 1 is 1.29 bits per heavy atom. The van der Waals surface area contributed by atoms with Gasteiger partial charge >= 0.3 is 0 Å². The highest BCUT2D eigenvalue weighted by molar-refractivity contribution is 7.99. The summed E-state index contributed by atoms with van der Waals surface area (Å²) in [5.74, 6) is 1.54. The quantitative estimate of drug-likeness (QED) is 0.841. The van der Waals surface area contributed by atoms with Gasteiger partial charge in [-0.15, -0.1) is 11.8 Å². The first-order valence-corrected chi connectivity index (χ1v) is 7.11. The zero-order valence-electron chi connectivity index (χ0n) is 10.8. The molecule has 0 atom stereocenters. The van der Waals surface area contributed by atoms with E-state index in [0.717, 1.165) is 12.2 Å². The third-order valence-corrected chi connectivity index (χ3v) is 3.71. The monoisotopic (exact) mass is 251 g/mol. The molecule has 0 saturated heterocycles. The van der Waals surface area contributed by atoms with Gasteiger partial charge < -0.3 is 5.32 Å². The molecule has 94 valence electrons. The number of carbonyl (C=O) groups is 1. The lowest BCUT2D eigenvalue weighted by atomic mass is 10.0. The molecule has 1 amide bonds. The number of thioether (sulfide) groups is 1. The predicted octanol–water partition coefficient (Wildman–Crippen LogP) is 3.22. The van der Waals surface area contributed by atoms with Crippen molar-refractivity contribution in [1.82, 2.24) is 5.32 Å². The van der Waals surface area contributed by atoms with Gasteiger partial charge in [0.25, 0.3) is 0 Å². The lowest BCUT2D eigenvalue weighted by Crippen LogP contribution is -2.43. The summed E-state index contributed by atoms with van der Waals surface area (Å²) >= 11 is 1.65. The minimum atomic E-state index is -0.0929. The Morgan fingerprint density at radius 2 is 1.94 bits per heavy atom. The molecule has 1 aromatic carbocycles. The van der Waals surface area contributed by atoms with E-state index >= 15 is 0 Å². The molecule has 0 aliphatic rings. The van der Waals surface area contributed by atoms with Gasteiger partial charge in [0, 0.05) is 11.3 Å². The van der Waals surface area contributed by atoms with Crippen molar-refractivity contribution in [1.29, 1.82) is 0 Å². The largest absolute Gasteiger partial charge is 0.351 e. The van der Waals surface area contributed by atoms with Gasteiger partial charge in [-0.1, -0.05) is 37.3 Å². The summed E-state index contributed by atoms with van der Waals surface area (Å²) in [6.45, 7) is 6.18. The van der Waals surface area contributed by atoms with Crippen LogP contribution in [-0.2, 0) is 10.5 Å². The second-order valence-corrected chi connectivity index (χ2v) is 5.75. The van der Waals surface area contributed by atoms with Crippen molar-refractivity contribution >= 4 is 17.7 Å². The number of nitrogens with one attached hydrogen (secondary N) is 1. The van der Waals surface area contributed by atoms with Crippen molar-refractivity contribution in [2.24, 2.45) is 0 Å². The Bertz CT molecular complexity index is 348.